The summed E-state index contributed by atoms with van der Waals surface area (Å²) in [6.45, 7) is 0. The highest BCUT2D eigenvalue weighted by Crippen LogP contribution is 2.32. The summed E-state index contributed by atoms with van der Waals surface area (Å²) < 4.78 is 14.8. The lowest BCUT2D eigenvalue weighted by molar-refractivity contribution is 0.179. The second-order valence-electron chi connectivity index (χ2n) is 4.61. The van der Waals surface area contributed by atoms with Crippen LogP contribution in [0, 0.1) is 5.82 Å². The number of benzene rings is 2. The van der Waals surface area contributed by atoms with E-state index in [0.717, 1.165) is 15.6 Å². The molecule has 0 aliphatic carbocycles. The average molecular weight is 307 g/mol. The smallest absolute Gasteiger partial charge is 0.127 e. The maximum absolute atomic E-state index is 13.8. The highest BCUT2D eigenvalue weighted by Gasteiger charge is 2.16. The lowest BCUT2D eigenvalue weighted by atomic mass is 10.00. The van der Waals surface area contributed by atoms with Gasteiger partial charge >= 0.3 is 0 Å². The second kappa shape index (κ2) is 5.52. The van der Waals surface area contributed by atoms with E-state index in [-0.39, 0.29) is 12.2 Å². The molecule has 0 radical (unpaired) electrons. The van der Waals surface area contributed by atoms with Crippen LogP contribution in [0.1, 0.15) is 17.2 Å². The lowest BCUT2D eigenvalue weighted by Gasteiger charge is -2.14. The zero-order valence-corrected chi connectivity index (χ0v) is 12.1. The van der Waals surface area contributed by atoms with Crippen molar-refractivity contribution >= 4 is 33.0 Å². The van der Waals surface area contributed by atoms with E-state index < -0.39 is 6.10 Å². The Hall–Kier alpha value is -1.42. The SMILES string of the molecule is OC(Cc1c(F)cccc1Cl)c1cccc2ccsc12. The molecule has 0 bridgehead atoms. The molecule has 20 heavy (non-hydrogen) atoms. The van der Waals surface area contributed by atoms with Crippen LogP contribution in [0.4, 0.5) is 4.39 Å². The van der Waals surface area contributed by atoms with E-state index in [2.05, 4.69) is 0 Å². The second-order valence-corrected chi connectivity index (χ2v) is 5.93. The van der Waals surface area contributed by atoms with Crippen LogP contribution < -0.4 is 0 Å². The first-order valence-electron chi connectivity index (χ1n) is 6.24. The number of hydrogen-bond acceptors (Lipinski definition) is 2. The van der Waals surface area contributed by atoms with Gasteiger partial charge in [-0.25, -0.2) is 4.39 Å². The molecule has 0 aliphatic heterocycles. The molecule has 1 aromatic heterocycles. The predicted octanol–water partition coefficient (Wildman–Crippen LogP) is 4.97. The van der Waals surface area contributed by atoms with Crippen molar-refractivity contribution in [1.29, 1.82) is 0 Å². The Morgan fingerprint density at radius 2 is 1.95 bits per heavy atom. The number of aliphatic hydroxyl groups is 1. The number of aliphatic hydroxyl groups excluding tert-OH is 1. The van der Waals surface area contributed by atoms with Crippen molar-refractivity contribution in [3.63, 3.8) is 0 Å². The van der Waals surface area contributed by atoms with Gasteiger partial charge in [-0.05, 0) is 34.5 Å². The molecule has 0 amide bonds. The minimum absolute atomic E-state index is 0.169. The number of halogens is 2. The van der Waals surface area contributed by atoms with E-state index in [4.69, 9.17) is 11.6 Å². The lowest BCUT2D eigenvalue weighted by Crippen LogP contribution is -2.04. The van der Waals surface area contributed by atoms with Gasteiger partial charge in [-0.15, -0.1) is 11.3 Å². The zero-order chi connectivity index (χ0) is 14.1. The van der Waals surface area contributed by atoms with E-state index in [1.807, 2.05) is 29.6 Å². The number of thiophene rings is 1. The van der Waals surface area contributed by atoms with Crippen molar-refractivity contribution in [1.82, 2.24) is 0 Å². The third-order valence-corrected chi connectivity index (χ3v) is 4.66. The fourth-order valence-corrected chi connectivity index (χ4v) is 3.51. The molecule has 0 spiro atoms. The van der Waals surface area contributed by atoms with Crippen LogP contribution in [0.25, 0.3) is 10.1 Å². The molecule has 0 fully saturated rings. The monoisotopic (exact) mass is 306 g/mol. The van der Waals surface area contributed by atoms with E-state index in [9.17, 15) is 9.50 Å². The maximum Gasteiger partial charge on any atom is 0.127 e. The standard InChI is InChI=1S/C16H12ClFOS/c17-13-5-2-6-14(18)12(13)9-15(19)11-4-1-3-10-7-8-20-16(10)11/h1-8,15,19H,9H2. The normalized spacial score (nSPS) is 12.8. The molecule has 3 rings (SSSR count). The minimum atomic E-state index is -0.772. The molecule has 1 N–H and O–H groups in total. The van der Waals surface area contributed by atoms with Crippen molar-refractivity contribution in [2.24, 2.45) is 0 Å². The van der Waals surface area contributed by atoms with Gasteiger partial charge in [0.25, 0.3) is 0 Å². The molecule has 3 aromatic rings. The largest absolute Gasteiger partial charge is 0.388 e. The van der Waals surface area contributed by atoms with Crippen molar-refractivity contribution in [3.05, 3.63) is 69.8 Å². The van der Waals surface area contributed by atoms with Crippen LogP contribution in [0.15, 0.2) is 47.8 Å². The summed E-state index contributed by atoms with van der Waals surface area (Å²) in [7, 11) is 0. The van der Waals surface area contributed by atoms with Crippen LogP contribution in [-0.4, -0.2) is 5.11 Å². The van der Waals surface area contributed by atoms with Gasteiger partial charge < -0.3 is 5.11 Å². The van der Waals surface area contributed by atoms with Crippen LogP contribution >= 0.6 is 22.9 Å². The van der Waals surface area contributed by atoms with Crippen LogP contribution in [0.5, 0.6) is 0 Å². The Morgan fingerprint density at radius 1 is 1.15 bits per heavy atom. The van der Waals surface area contributed by atoms with E-state index in [1.165, 1.54) is 6.07 Å². The van der Waals surface area contributed by atoms with Crippen LogP contribution in [0.3, 0.4) is 0 Å². The Balaban J connectivity index is 1.97. The molecule has 0 saturated carbocycles. The summed E-state index contributed by atoms with van der Waals surface area (Å²) in [4.78, 5) is 0. The van der Waals surface area contributed by atoms with E-state index in [1.54, 1.807) is 23.5 Å². The van der Waals surface area contributed by atoms with Gasteiger partial charge in [0, 0.05) is 21.7 Å². The van der Waals surface area contributed by atoms with E-state index in [0.29, 0.717) is 10.6 Å². The third-order valence-electron chi connectivity index (χ3n) is 3.33. The molecule has 4 heteroatoms. The molecule has 0 aliphatic rings. The Bertz CT molecular complexity index is 733. The molecule has 2 aromatic carbocycles. The topological polar surface area (TPSA) is 20.2 Å². The number of hydrogen-bond donors (Lipinski definition) is 1. The van der Waals surface area contributed by atoms with Gasteiger partial charge in [0.1, 0.15) is 5.82 Å². The van der Waals surface area contributed by atoms with Gasteiger partial charge in [0.2, 0.25) is 0 Å². The first-order chi connectivity index (χ1) is 9.66. The highest BCUT2D eigenvalue weighted by atomic mass is 35.5. The Labute approximate surface area is 125 Å². The Morgan fingerprint density at radius 3 is 2.75 bits per heavy atom. The average Bonchev–Trinajstić information content (AvgIpc) is 2.91. The van der Waals surface area contributed by atoms with Crippen LogP contribution in [0.2, 0.25) is 5.02 Å². The van der Waals surface area contributed by atoms with Crippen molar-refractivity contribution in [2.75, 3.05) is 0 Å². The van der Waals surface area contributed by atoms with Gasteiger partial charge in [0.05, 0.1) is 6.10 Å². The summed E-state index contributed by atoms with van der Waals surface area (Å²) in [5.74, 6) is -0.380. The highest BCUT2D eigenvalue weighted by molar-refractivity contribution is 7.17. The van der Waals surface area contributed by atoms with Gasteiger partial charge in [0.15, 0.2) is 0 Å². The molecular formula is C16H12ClFOS. The fraction of sp³-hybridized carbons (Fsp3) is 0.125. The minimum Gasteiger partial charge on any atom is -0.388 e. The first kappa shape index (κ1) is 13.6. The van der Waals surface area contributed by atoms with Crippen LogP contribution in [-0.2, 0) is 6.42 Å². The van der Waals surface area contributed by atoms with Gasteiger partial charge in [-0.1, -0.05) is 35.9 Å². The van der Waals surface area contributed by atoms with Crippen molar-refractivity contribution < 1.29 is 9.50 Å². The first-order valence-corrected chi connectivity index (χ1v) is 7.49. The summed E-state index contributed by atoms with van der Waals surface area (Å²) in [6.07, 6.45) is -0.602. The maximum atomic E-state index is 13.8. The molecule has 0 saturated heterocycles. The summed E-state index contributed by atoms with van der Waals surface area (Å²) >= 11 is 7.58. The third kappa shape index (κ3) is 2.44. The number of rotatable bonds is 3. The molecule has 1 atom stereocenters. The predicted molar refractivity (Wildman–Crippen MR) is 81.9 cm³/mol. The molecule has 1 heterocycles. The molecule has 1 nitrogen and oxygen atoms in total. The van der Waals surface area contributed by atoms with E-state index >= 15 is 0 Å². The van der Waals surface area contributed by atoms with Crippen molar-refractivity contribution in [3.8, 4) is 0 Å². The zero-order valence-electron chi connectivity index (χ0n) is 10.5. The van der Waals surface area contributed by atoms with Gasteiger partial charge in [-0.2, -0.15) is 0 Å². The number of fused-ring (bicyclic) bond motifs is 1. The Kier molecular flexibility index (Phi) is 3.74. The summed E-state index contributed by atoms with van der Waals surface area (Å²) in [5, 5.41) is 13.8. The fourth-order valence-electron chi connectivity index (χ4n) is 2.31. The molecular weight excluding hydrogens is 295 g/mol. The van der Waals surface area contributed by atoms with Crippen molar-refractivity contribution in [2.45, 2.75) is 12.5 Å². The molecule has 1 unspecified atom stereocenters. The quantitative estimate of drug-likeness (QED) is 0.724. The molecule has 102 valence electrons. The summed E-state index contributed by atoms with van der Waals surface area (Å²) in [5.41, 5.74) is 1.17. The van der Waals surface area contributed by atoms with Gasteiger partial charge in [-0.3, -0.25) is 0 Å². The summed E-state index contributed by atoms with van der Waals surface area (Å²) in [6, 6.07) is 12.3.